The predicted octanol–water partition coefficient (Wildman–Crippen LogP) is 3.67. The Hall–Kier alpha value is -3.92. The summed E-state index contributed by atoms with van der Waals surface area (Å²) in [5.41, 5.74) is 1.72. The van der Waals surface area contributed by atoms with Crippen LogP contribution in [0.1, 0.15) is 25.5 Å². The number of nitrogens with zero attached hydrogens (tertiary/aromatic N) is 4. The van der Waals surface area contributed by atoms with Gasteiger partial charge in [0.2, 0.25) is 11.2 Å². The molecule has 174 valence electrons. The standard InChI is InChI=1S/C24H23N5O4S/c1-16(2)28-14-22(33-27-28)26-21(30)15-34-24-25-20(13-17-8-7-11-19(12-17)32-3)23(31)29(24)18-9-5-4-6-10-18/h4-14,16H,15H2,1-3H3/p+1/b20-13+. The molecule has 1 aliphatic heterocycles. The van der Waals surface area contributed by atoms with Crippen molar-refractivity contribution in [2.75, 3.05) is 23.1 Å². The minimum atomic E-state index is -0.301. The van der Waals surface area contributed by atoms with E-state index in [-0.39, 0.29) is 35.2 Å². The molecule has 1 N–H and O–H groups in total. The average Bonchev–Trinajstić information content (AvgIpc) is 3.43. The molecule has 10 heteroatoms. The number of thioether (sulfide) groups is 1. The van der Waals surface area contributed by atoms with Crippen LogP contribution in [0.15, 0.2) is 76.0 Å². The zero-order valence-corrected chi connectivity index (χ0v) is 19.8. The third-order valence-electron chi connectivity index (χ3n) is 4.85. The Morgan fingerprint density at radius 3 is 2.74 bits per heavy atom. The monoisotopic (exact) mass is 478 g/mol. The van der Waals surface area contributed by atoms with Gasteiger partial charge in [0.15, 0.2) is 11.2 Å². The number of rotatable bonds is 7. The van der Waals surface area contributed by atoms with E-state index in [0.717, 1.165) is 17.3 Å². The number of nitrogens with one attached hydrogen (secondary N) is 1. The van der Waals surface area contributed by atoms with Crippen molar-refractivity contribution in [1.82, 2.24) is 5.27 Å². The van der Waals surface area contributed by atoms with Gasteiger partial charge in [0.1, 0.15) is 11.4 Å². The first-order valence-electron chi connectivity index (χ1n) is 10.6. The summed E-state index contributed by atoms with van der Waals surface area (Å²) >= 11 is 1.16. The quantitative estimate of drug-likeness (QED) is 0.411. The van der Waals surface area contributed by atoms with Crippen molar-refractivity contribution < 1.29 is 23.5 Å². The van der Waals surface area contributed by atoms with Gasteiger partial charge < -0.3 is 4.74 Å². The van der Waals surface area contributed by atoms with Gasteiger partial charge in [0, 0.05) is 0 Å². The molecule has 3 aromatic rings. The number of ether oxygens (including phenoxy) is 1. The van der Waals surface area contributed by atoms with E-state index in [9.17, 15) is 9.59 Å². The molecule has 0 spiro atoms. The minimum absolute atomic E-state index is 0.0320. The highest BCUT2D eigenvalue weighted by atomic mass is 32.2. The number of hydrogen-bond acceptors (Lipinski definition) is 7. The summed E-state index contributed by atoms with van der Waals surface area (Å²) in [7, 11) is 1.59. The van der Waals surface area contributed by atoms with Crippen LogP contribution in [-0.4, -0.2) is 35.1 Å². The maximum atomic E-state index is 13.2. The van der Waals surface area contributed by atoms with Gasteiger partial charge in [-0.15, -0.1) is 0 Å². The first kappa shape index (κ1) is 23.2. The molecule has 1 aliphatic rings. The number of amides is 2. The van der Waals surface area contributed by atoms with Crippen LogP contribution in [-0.2, 0) is 9.59 Å². The molecule has 0 atom stereocenters. The molecule has 1 aromatic heterocycles. The topological polar surface area (TPSA) is 101 Å². The lowest BCUT2D eigenvalue weighted by molar-refractivity contribution is -0.779. The van der Waals surface area contributed by atoms with Gasteiger partial charge in [0.05, 0.1) is 18.6 Å². The number of carbonyl (C=O) groups excluding carboxylic acids is 2. The molecule has 0 saturated heterocycles. The highest BCUT2D eigenvalue weighted by Gasteiger charge is 2.32. The molecule has 2 heterocycles. The Labute approximate surface area is 201 Å². The van der Waals surface area contributed by atoms with Crippen LogP contribution >= 0.6 is 11.8 Å². The van der Waals surface area contributed by atoms with E-state index in [1.807, 2.05) is 68.4 Å². The van der Waals surface area contributed by atoms with Gasteiger partial charge in [-0.2, -0.15) is 0 Å². The van der Waals surface area contributed by atoms with Gasteiger partial charge in [-0.3, -0.25) is 24.3 Å². The van der Waals surface area contributed by atoms with Crippen LogP contribution in [0, 0.1) is 0 Å². The Morgan fingerprint density at radius 1 is 1.24 bits per heavy atom. The van der Waals surface area contributed by atoms with Crippen LogP contribution in [0.3, 0.4) is 0 Å². The zero-order valence-electron chi connectivity index (χ0n) is 19.0. The second-order valence-corrected chi connectivity index (χ2v) is 8.60. The highest BCUT2D eigenvalue weighted by molar-refractivity contribution is 8.14. The average molecular weight is 479 g/mol. The summed E-state index contributed by atoms with van der Waals surface area (Å²) in [6.07, 6.45) is 3.32. The first-order valence-corrected chi connectivity index (χ1v) is 11.6. The van der Waals surface area contributed by atoms with Crippen molar-refractivity contribution in [3.8, 4) is 5.75 Å². The molecule has 2 amide bonds. The van der Waals surface area contributed by atoms with Crippen molar-refractivity contribution in [3.05, 3.63) is 72.1 Å². The van der Waals surface area contributed by atoms with E-state index >= 15 is 0 Å². The molecule has 0 saturated carbocycles. The van der Waals surface area contributed by atoms with Gasteiger partial charge in [-0.05, 0) is 54.4 Å². The van der Waals surface area contributed by atoms with Gasteiger partial charge >= 0.3 is 5.88 Å². The molecular formula is C24H24N5O4S+. The predicted molar refractivity (Wildman–Crippen MR) is 131 cm³/mol. The number of aromatic nitrogens is 2. The molecule has 0 bridgehead atoms. The highest BCUT2D eigenvalue weighted by Crippen LogP contribution is 2.29. The lowest BCUT2D eigenvalue weighted by Crippen LogP contribution is -2.37. The number of anilines is 2. The van der Waals surface area contributed by atoms with Gasteiger partial charge in [-0.1, -0.05) is 42.1 Å². The van der Waals surface area contributed by atoms with Gasteiger partial charge in [-0.25, -0.2) is 4.99 Å². The second-order valence-electron chi connectivity index (χ2n) is 7.65. The fourth-order valence-corrected chi connectivity index (χ4v) is 3.96. The molecule has 4 rings (SSSR count). The van der Waals surface area contributed by atoms with E-state index < -0.39 is 0 Å². The number of methoxy groups -OCH3 is 1. The fraction of sp³-hybridized carbons (Fsp3) is 0.208. The Morgan fingerprint density at radius 2 is 2.03 bits per heavy atom. The summed E-state index contributed by atoms with van der Waals surface area (Å²) in [5.74, 6) is 0.392. The first-order chi connectivity index (χ1) is 16.4. The summed E-state index contributed by atoms with van der Waals surface area (Å²) in [6, 6.07) is 16.7. The molecule has 9 nitrogen and oxygen atoms in total. The largest absolute Gasteiger partial charge is 0.497 e. The lowest BCUT2D eigenvalue weighted by atomic mass is 10.2. The van der Waals surface area contributed by atoms with Crippen LogP contribution in [0.5, 0.6) is 5.75 Å². The van der Waals surface area contributed by atoms with E-state index in [2.05, 4.69) is 15.6 Å². The molecular weight excluding hydrogens is 454 g/mol. The van der Waals surface area contributed by atoms with Crippen molar-refractivity contribution in [2.45, 2.75) is 19.9 Å². The number of para-hydroxylation sites is 1. The molecule has 0 radical (unpaired) electrons. The molecule has 0 aliphatic carbocycles. The summed E-state index contributed by atoms with van der Waals surface area (Å²) < 4.78 is 12.0. The molecule has 0 unspecified atom stereocenters. The zero-order chi connectivity index (χ0) is 24.1. The van der Waals surface area contributed by atoms with Gasteiger partial charge in [0.25, 0.3) is 12.1 Å². The fourth-order valence-electron chi connectivity index (χ4n) is 3.15. The van der Waals surface area contributed by atoms with Crippen molar-refractivity contribution >= 4 is 46.4 Å². The van der Waals surface area contributed by atoms with E-state index in [1.54, 1.807) is 24.1 Å². The number of aliphatic imine (C=N–C) groups is 1. The normalized spacial score (nSPS) is 14.6. The maximum Gasteiger partial charge on any atom is 0.302 e. The summed E-state index contributed by atoms with van der Waals surface area (Å²) in [5, 5.41) is 6.94. The third-order valence-corrected chi connectivity index (χ3v) is 5.79. The van der Waals surface area contributed by atoms with Crippen LogP contribution < -0.4 is 19.6 Å². The molecule has 0 fully saturated rings. The Kier molecular flexibility index (Phi) is 7.07. The second kappa shape index (κ2) is 10.3. The summed E-state index contributed by atoms with van der Waals surface area (Å²) in [4.78, 5) is 31.8. The molecule has 2 aromatic carbocycles. The lowest BCUT2D eigenvalue weighted by Gasteiger charge is -2.17. The van der Waals surface area contributed by atoms with E-state index in [0.29, 0.717) is 16.6 Å². The summed E-state index contributed by atoms with van der Waals surface area (Å²) in [6.45, 7) is 3.90. The van der Waals surface area contributed by atoms with Crippen LogP contribution in [0.2, 0.25) is 0 Å². The third kappa shape index (κ3) is 5.34. The number of benzene rings is 2. The Balaban J connectivity index is 1.54. The SMILES string of the molecule is COc1cccc(/C=C2/N=C(SCC(=O)Nc3c[n+](C(C)C)no3)N(c3ccccc3)C2=O)c1. The smallest absolute Gasteiger partial charge is 0.302 e. The maximum absolute atomic E-state index is 13.2. The van der Waals surface area contributed by atoms with E-state index in [1.165, 1.54) is 4.90 Å². The van der Waals surface area contributed by atoms with Crippen molar-refractivity contribution in [1.29, 1.82) is 0 Å². The Bertz CT molecular complexity index is 1250. The van der Waals surface area contributed by atoms with Crippen molar-refractivity contribution in [2.24, 2.45) is 4.99 Å². The number of amidine groups is 1. The van der Waals surface area contributed by atoms with E-state index in [4.69, 9.17) is 9.26 Å². The molecule has 34 heavy (non-hydrogen) atoms. The number of carbonyl (C=O) groups is 2. The number of hydrogen-bond donors (Lipinski definition) is 1. The van der Waals surface area contributed by atoms with Crippen LogP contribution in [0.4, 0.5) is 11.6 Å². The van der Waals surface area contributed by atoms with Crippen LogP contribution in [0.25, 0.3) is 6.08 Å². The minimum Gasteiger partial charge on any atom is -0.497 e. The van der Waals surface area contributed by atoms with Crippen molar-refractivity contribution in [3.63, 3.8) is 0 Å².